The minimum Gasteiger partial charge on any atom is -0.374 e. The predicted molar refractivity (Wildman–Crippen MR) is 81.5 cm³/mol. The van der Waals surface area contributed by atoms with Gasteiger partial charge in [0.25, 0.3) is 0 Å². The number of hydrogen-bond acceptors (Lipinski definition) is 2. The minimum absolute atomic E-state index is 0.647. The van der Waals surface area contributed by atoms with Crippen LogP contribution in [0.2, 0.25) is 0 Å². The Balaban J connectivity index is 1.62. The van der Waals surface area contributed by atoms with E-state index in [1.54, 1.807) is 0 Å². The van der Waals surface area contributed by atoms with Crippen molar-refractivity contribution in [3.05, 3.63) is 64.7 Å². The highest BCUT2D eigenvalue weighted by Crippen LogP contribution is 2.22. The first-order chi connectivity index (χ1) is 9.83. The summed E-state index contributed by atoms with van der Waals surface area (Å²) in [7, 11) is 0. The highest BCUT2D eigenvalue weighted by atomic mass is 16.5. The summed E-state index contributed by atoms with van der Waals surface area (Å²) >= 11 is 0. The number of rotatable bonds is 2. The van der Waals surface area contributed by atoms with Gasteiger partial charge in [-0.3, -0.25) is 0 Å². The molecule has 0 spiro atoms. The molecule has 2 aromatic rings. The summed E-state index contributed by atoms with van der Waals surface area (Å²) in [6.07, 6.45) is 0. The van der Waals surface area contributed by atoms with Crippen molar-refractivity contribution in [2.24, 2.45) is 0 Å². The lowest BCUT2D eigenvalue weighted by atomic mass is 10.1. The molecular weight excluding hydrogens is 246 g/mol. The molecule has 0 saturated heterocycles. The second-order valence-corrected chi connectivity index (χ2v) is 4.95. The summed E-state index contributed by atoms with van der Waals surface area (Å²) < 4.78 is 5.41. The molecule has 0 aromatic heterocycles. The quantitative estimate of drug-likeness (QED) is 0.837. The van der Waals surface area contributed by atoms with Crippen LogP contribution in [-0.2, 0) is 18.0 Å². The lowest BCUT2D eigenvalue weighted by Crippen LogP contribution is -1.99. The average molecular weight is 263 g/mol. The monoisotopic (exact) mass is 263 g/mol. The van der Waals surface area contributed by atoms with Crippen molar-refractivity contribution in [2.75, 3.05) is 11.9 Å². The molecule has 0 bridgehead atoms. The summed E-state index contributed by atoms with van der Waals surface area (Å²) in [5.74, 6) is 6.36. The first-order valence-corrected chi connectivity index (χ1v) is 6.81. The molecule has 2 nitrogen and oxygen atoms in total. The molecule has 0 radical (unpaired) electrons. The number of hydrogen-bond donors (Lipinski definition) is 1. The van der Waals surface area contributed by atoms with Gasteiger partial charge in [0.05, 0.1) is 19.8 Å². The van der Waals surface area contributed by atoms with Crippen LogP contribution < -0.4 is 5.32 Å². The molecule has 3 rings (SSSR count). The van der Waals surface area contributed by atoms with E-state index in [1.165, 1.54) is 16.7 Å². The van der Waals surface area contributed by atoms with Crippen LogP contribution in [0.1, 0.15) is 22.3 Å². The van der Waals surface area contributed by atoms with Gasteiger partial charge in [-0.05, 0) is 41.8 Å². The lowest BCUT2D eigenvalue weighted by Gasteiger charge is -2.04. The molecule has 1 aliphatic rings. The van der Waals surface area contributed by atoms with Crippen LogP contribution in [0.3, 0.4) is 0 Å². The Morgan fingerprint density at radius 3 is 2.85 bits per heavy atom. The van der Waals surface area contributed by atoms with Crippen molar-refractivity contribution in [2.45, 2.75) is 20.1 Å². The second kappa shape index (κ2) is 5.81. The van der Waals surface area contributed by atoms with Gasteiger partial charge in [0.15, 0.2) is 0 Å². The molecule has 0 aliphatic carbocycles. The number of fused-ring (bicyclic) bond motifs is 1. The highest BCUT2D eigenvalue weighted by molar-refractivity contribution is 5.50. The van der Waals surface area contributed by atoms with Gasteiger partial charge >= 0.3 is 0 Å². The summed E-state index contributed by atoms with van der Waals surface area (Å²) in [4.78, 5) is 0. The summed E-state index contributed by atoms with van der Waals surface area (Å²) in [5.41, 5.74) is 5.99. The van der Waals surface area contributed by atoms with Crippen LogP contribution in [-0.4, -0.2) is 6.54 Å². The molecule has 2 heteroatoms. The summed E-state index contributed by atoms with van der Waals surface area (Å²) in [6.45, 7) is 4.19. The van der Waals surface area contributed by atoms with E-state index >= 15 is 0 Å². The van der Waals surface area contributed by atoms with Crippen LogP contribution in [0.5, 0.6) is 0 Å². The normalized spacial score (nSPS) is 12.4. The molecule has 1 heterocycles. The number of aryl methyl sites for hydroxylation is 1. The van der Waals surface area contributed by atoms with E-state index in [4.69, 9.17) is 4.74 Å². The maximum Gasteiger partial charge on any atom is 0.0769 e. The Bertz CT molecular complexity index is 679. The van der Waals surface area contributed by atoms with Crippen molar-refractivity contribution in [3.63, 3.8) is 0 Å². The SMILES string of the molecule is Cc1ccccc1C#CCNc1ccc2c(c1)COC2. The standard InChI is InChI=1S/C18H17NO/c1-14-5-2-3-6-15(14)7-4-10-19-18-9-8-16-12-20-13-17(16)11-18/h2-3,5-6,8-9,11,19H,10,12-13H2,1H3. The van der Waals surface area contributed by atoms with Crippen LogP contribution in [0.25, 0.3) is 0 Å². The van der Waals surface area contributed by atoms with E-state index in [-0.39, 0.29) is 0 Å². The predicted octanol–water partition coefficient (Wildman–Crippen LogP) is 3.49. The fourth-order valence-electron chi connectivity index (χ4n) is 2.28. The van der Waals surface area contributed by atoms with Crippen molar-refractivity contribution in [3.8, 4) is 11.8 Å². The van der Waals surface area contributed by atoms with Gasteiger partial charge in [0, 0.05) is 11.3 Å². The first-order valence-electron chi connectivity index (χ1n) is 6.81. The van der Waals surface area contributed by atoms with Gasteiger partial charge in [0.2, 0.25) is 0 Å². The smallest absolute Gasteiger partial charge is 0.0769 e. The van der Waals surface area contributed by atoms with Crippen LogP contribution in [0.4, 0.5) is 5.69 Å². The third-order valence-corrected chi connectivity index (χ3v) is 3.47. The number of anilines is 1. The third kappa shape index (κ3) is 2.84. The number of ether oxygens (including phenoxy) is 1. The summed E-state index contributed by atoms with van der Waals surface area (Å²) in [5, 5.41) is 3.33. The zero-order valence-corrected chi connectivity index (χ0v) is 11.6. The van der Waals surface area contributed by atoms with E-state index in [1.807, 2.05) is 12.1 Å². The zero-order chi connectivity index (χ0) is 13.8. The van der Waals surface area contributed by atoms with Crippen LogP contribution >= 0.6 is 0 Å². The van der Waals surface area contributed by atoms with Gasteiger partial charge in [-0.1, -0.05) is 36.1 Å². The number of nitrogens with one attached hydrogen (secondary N) is 1. The molecule has 2 aromatic carbocycles. The second-order valence-electron chi connectivity index (χ2n) is 4.95. The molecule has 0 amide bonds. The molecule has 20 heavy (non-hydrogen) atoms. The van der Waals surface area contributed by atoms with E-state index in [2.05, 4.69) is 54.4 Å². The van der Waals surface area contributed by atoms with Crippen LogP contribution in [0, 0.1) is 18.8 Å². The molecule has 0 unspecified atom stereocenters. The molecule has 0 fully saturated rings. The topological polar surface area (TPSA) is 21.3 Å². The van der Waals surface area contributed by atoms with Crippen LogP contribution in [0.15, 0.2) is 42.5 Å². The van der Waals surface area contributed by atoms with Gasteiger partial charge in [0.1, 0.15) is 0 Å². The zero-order valence-electron chi connectivity index (χ0n) is 11.6. The van der Waals surface area contributed by atoms with E-state index in [0.29, 0.717) is 6.54 Å². The first kappa shape index (κ1) is 12.8. The van der Waals surface area contributed by atoms with Crippen molar-refractivity contribution in [1.29, 1.82) is 0 Å². The van der Waals surface area contributed by atoms with E-state index in [9.17, 15) is 0 Å². The largest absolute Gasteiger partial charge is 0.374 e. The Morgan fingerprint density at radius 1 is 1.10 bits per heavy atom. The fraction of sp³-hybridized carbons (Fsp3) is 0.222. The maximum atomic E-state index is 5.41. The Kier molecular flexibility index (Phi) is 3.71. The molecule has 100 valence electrons. The van der Waals surface area contributed by atoms with Crippen molar-refractivity contribution >= 4 is 5.69 Å². The molecule has 0 saturated carbocycles. The third-order valence-electron chi connectivity index (χ3n) is 3.47. The highest BCUT2D eigenvalue weighted by Gasteiger charge is 2.10. The molecule has 1 N–H and O–H groups in total. The number of benzene rings is 2. The molecular formula is C18H17NO. The fourth-order valence-corrected chi connectivity index (χ4v) is 2.28. The molecule has 0 atom stereocenters. The van der Waals surface area contributed by atoms with Crippen molar-refractivity contribution < 1.29 is 4.74 Å². The molecule has 1 aliphatic heterocycles. The van der Waals surface area contributed by atoms with E-state index < -0.39 is 0 Å². The summed E-state index contributed by atoms with van der Waals surface area (Å²) in [6, 6.07) is 14.5. The van der Waals surface area contributed by atoms with E-state index in [0.717, 1.165) is 24.5 Å². The maximum absolute atomic E-state index is 5.41. The Morgan fingerprint density at radius 2 is 1.95 bits per heavy atom. The Hall–Kier alpha value is -2.24. The Labute approximate surface area is 119 Å². The van der Waals surface area contributed by atoms with Gasteiger partial charge in [-0.25, -0.2) is 0 Å². The van der Waals surface area contributed by atoms with Gasteiger partial charge < -0.3 is 10.1 Å². The lowest BCUT2D eigenvalue weighted by molar-refractivity contribution is 0.134. The average Bonchev–Trinajstić information content (AvgIpc) is 2.93. The van der Waals surface area contributed by atoms with Gasteiger partial charge in [-0.2, -0.15) is 0 Å². The van der Waals surface area contributed by atoms with Crippen molar-refractivity contribution in [1.82, 2.24) is 0 Å². The minimum atomic E-state index is 0.647. The van der Waals surface area contributed by atoms with Gasteiger partial charge in [-0.15, -0.1) is 0 Å².